The minimum Gasteiger partial charge on any atom is -0.329 e. The number of hydrogen-bond donors (Lipinski definition) is 2. The van der Waals surface area contributed by atoms with Gasteiger partial charge in [0.05, 0.1) is 11.2 Å². The Morgan fingerprint density at radius 3 is 2.62 bits per heavy atom. The Hall–Kier alpha value is -2.76. The third kappa shape index (κ3) is 3.13. The maximum atomic E-state index is 12.1. The van der Waals surface area contributed by atoms with Crippen molar-refractivity contribution in [3.05, 3.63) is 51.1 Å². The molecule has 0 aliphatic carbocycles. The number of nitrogens with one attached hydrogen (secondary N) is 2. The number of aromatic amines is 1. The zero-order valence-corrected chi connectivity index (χ0v) is 14.4. The number of anilines is 2. The van der Waals surface area contributed by atoms with Gasteiger partial charge in [-0.1, -0.05) is 25.0 Å². The van der Waals surface area contributed by atoms with Crippen LogP contribution in [0.1, 0.15) is 35.9 Å². The molecule has 0 bridgehead atoms. The smallest absolute Gasteiger partial charge is 0.277 e. The van der Waals surface area contributed by atoms with E-state index in [9.17, 15) is 4.79 Å². The van der Waals surface area contributed by atoms with Crippen LogP contribution in [-0.2, 0) is 6.42 Å². The molecule has 0 unspecified atom stereocenters. The van der Waals surface area contributed by atoms with E-state index in [2.05, 4.69) is 31.3 Å². The number of H-pyrrole nitrogens is 1. The molecular weight excluding hydrogens is 302 g/mol. The van der Waals surface area contributed by atoms with Crippen molar-refractivity contribution < 1.29 is 0 Å². The van der Waals surface area contributed by atoms with Gasteiger partial charge in [-0.3, -0.25) is 10.1 Å². The van der Waals surface area contributed by atoms with Crippen LogP contribution < -0.4 is 10.9 Å². The van der Waals surface area contributed by atoms with Crippen LogP contribution >= 0.6 is 0 Å². The van der Waals surface area contributed by atoms with Crippen LogP contribution in [0.15, 0.2) is 23.0 Å². The number of benzene rings is 1. The van der Waals surface area contributed by atoms with Crippen molar-refractivity contribution in [3.63, 3.8) is 0 Å². The molecule has 0 aliphatic heterocycles. The van der Waals surface area contributed by atoms with E-state index in [1.165, 1.54) is 5.56 Å². The summed E-state index contributed by atoms with van der Waals surface area (Å²) in [6, 6.07) is 6.05. The molecule has 3 rings (SSSR count). The lowest BCUT2D eigenvalue weighted by Gasteiger charge is -2.10. The molecule has 1 aromatic carbocycles. The minimum absolute atomic E-state index is 0.205. The van der Waals surface area contributed by atoms with E-state index in [1.54, 1.807) is 0 Å². The van der Waals surface area contributed by atoms with Crippen molar-refractivity contribution in [2.75, 3.05) is 5.32 Å². The second-order valence-electron chi connectivity index (χ2n) is 6.02. The molecule has 3 aromatic rings. The van der Waals surface area contributed by atoms with Crippen molar-refractivity contribution in [1.29, 1.82) is 0 Å². The number of hydrogen-bond acceptors (Lipinski definition) is 5. The Balaban J connectivity index is 1.98. The van der Waals surface area contributed by atoms with Crippen molar-refractivity contribution in [2.24, 2.45) is 0 Å². The van der Waals surface area contributed by atoms with Crippen molar-refractivity contribution in [3.8, 4) is 0 Å². The fourth-order valence-corrected chi connectivity index (χ4v) is 2.77. The lowest BCUT2D eigenvalue weighted by molar-refractivity contribution is 0.867. The van der Waals surface area contributed by atoms with Crippen LogP contribution in [0, 0.1) is 20.8 Å². The third-order valence-electron chi connectivity index (χ3n) is 4.00. The summed E-state index contributed by atoms with van der Waals surface area (Å²) in [5.74, 6) is 0.790. The van der Waals surface area contributed by atoms with Crippen LogP contribution in [0.5, 0.6) is 0 Å². The lowest BCUT2D eigenvalue weighted by atomic mass is 10.1. The molecule has 0 atom stereocenters. The Kier molecular flexibility index (Phi) is 4.29. The van der Waals surface area contributed by atoms with E-state index in [1.807, 2.05) is 39.8 Å². The van der Waals surface area contributed by atoms with Gasteiger partial charge >= 0.3 is 0 Å². The average Bonchev–Trinajstić information content (AvgIpc) is 2.52. The van der Waals surface area contributed by atoms with Crippen LogP contribution in [0.25, 0.3) is 10.9 Å². The third-order valence-corrected chi connectivity index (χ3v) is 4.00. The summed E-state index contributed by atoms with van der Waals surface area (Å²) >= 11 is 0. The van der Waals surface area contributed by atoms with Crippen molar-refractivity contribution in [1.82, 2.24) is 19.9 Å². The van der Waals surface area contributed by atoms with Crippen LogP contribution in [-0.4, -0.2) is 19.9 Å². The molecule has 0 amide bonds. The van der Waals surface area contributed by atoms with Crippen LogP contribution in [0.3, 0.4) is 0 Å². The molecule has 124 valence electrons. The fraction of sp³-hybridized carbons (Fsp3) is 0.333. The van der Waals surface area contributed by atoms with E-state index in [4.69, 9.17) is 0 Å². The maximum absolute atomic E-state index is 12.1. The van der Waals surface area contributed by atoms with Gasteiger partial charge in [-0.15, -0.1) is 0 Å². The summed E-state index contributed by atoms with van der Waals surface area (Å²) in [6.45, 7) is 7.91. The molecule has 2 N–H and O–H groups in total. The second-order valence-corrected chi connectivity index (χ2v) is 6.02. The van der Waals surface area contributed by atoms with Gasteiger partial charge in [-0.2, -0.15) is 4.98 Å². The SMILES string of the molecule is CCCc1c(C)[nH]c(Nc2nc(C)c3cc(C)ccc3n2)nc1=O. The number of aryl methyl sites for hydroxylation is 3. The first-order chi connectivity index (χ1) is 11.5. The summed E-state index contributed by atoms with van der Waals surface area (Å²) in [6.07, 6.45) is 1.63. The summed E-state index contributed by atoms with van der Waals surface area (Å²) in [7, 11) is 0. The summed E-state index contributed by atoms with van der Waals surface area (Å²) in [4.78, 5) is 28.3. The normalized spacial score (nSPS) is 11.0. The predicted molar refractivity (Wildman–Crippen MR) is 95.9 cm³/mol. The Labute approximate surface area is 140 Å². The molecule has 0 aliphatic rings. The summed E-state index contributed by atoms with van der Waals surface area (Å²) in [5.41, 5.74) is 4.26. The largest absolute Gasteiger partial charge is 0.329 e. The average molecular weight is 323 g/mol. The number of rotatable bonds is 4. The second kappa shape index (κ2) is 6.39. The number of fused-ring (bicyclic) bond motifs is 1. The van der Waals surface area contributed by atoms with Gasteiger partial charge < -0.3 is 4.98 Å². The molecule has 0 fully saturated rings. The van der Waals surface area contributed by atoms with Gasteiger partial charge in [0.25, 0.3) is 5.56 Å². The first kappa shape index (κ1) is 16.1. The molecule has 0 saturated carbocycles. The van der Waals surface area contributed by atoms with E-state index in [-0.39, 0.29) is 5.56 Å². The van der Waals surface area contributed by atoms with Gasteiger partial charge in [0.2, 0.25) is 11.9 Å². The molecule has 6 heteroatoms. The van der Waals surface area contributed by atoms with Crippen LogP contribution in [0.2, 0.25) is 0 Å². The van der Waals surface area contributed by atoms with Crippen molar-refractivity contribution >= 4 is 22.8 Å². The highest BCUT2D eigenvalue weighted by molar-refractivity contribution is 5.82. The quantitative estimate of drug-likeness (QED) is 0.769. The topological polar surface area (TPSA) is 83.6 Å². The fourth-order valence-electron chi connectivity index (χ4n) is 2.77. The maximum Gasteiger partial charge on any atom is 0.277 e. The standard InChI is InChI=1S/C18H21N5O/c1-5-6-13-11(3)19-18(22-16(13)24)23-17-20-12(4)14-9-10(2)7-8-15(14)21-17/h7-9H,5-6H2,1-4H3,(H2,19,20,21,22,23,24). The zero-order chi connectivity index (χ0) is 17.3. The van der Waals surface area contributed by atoms with Gasteiger partial charge in [0.15, 0.2) is 0 Å². The minimum atomic E-state index is -0.205. The first-order valence-electron chi connectivity index (χ1n) is 8.09. The van der Waals surface area contributed by atoms with Gasteiger partial charge in [0.1, 0.15) is 0 Å². The molecule has 0 radical (unpaired) electrons. The Morgan fingerprint density at radius 1 is 1.12 bits per heavy atom. The molecule has 24 heavy (non-hydrogen) atoms. The first-order valence-corrected chi connectivity index (χ1v) is 8.09. The summed E-state index contributed by atoms with van der Waals surface area (Å²) < 4.78 is 0. The lowest BCUT2D eigenvalue weighted by Crippen LogP contribution is -2.18. The number of nitrogens with zero attached hydrogens (tertiary/aromatic N) is 3. The molecule has 0 spiro atoms. The van der Waals surface area contributed by atoms with Gasteiger partial charge in [-0.05, 0) is 39.3 Å². The van der Waals surface area contributed by atoms with Crippen LogP contribution in [0.4, 0.5) is 11.9 Å². The molecular formula is C18H21N5O. The highest BCUT2D eigenvalue weighted by atomic mass is 16.1. The van der Waals surface area contributed by atoms with E-state index >= 15 is 0 Å². The predicted octanol–water partition coefficient (Wildman–Crippen LogP) is 3.33. The molecule has 6 nitrogen and oxygen atoms in total. The molecule has 0 saturated heterocycles. The highest BCUT2D eigenvalue weighted by Gasteiger charge is 2.10. The molecule has 2 heterocycles. The molecule has 2 aromatic heterocycles. The summed E-state index contributed by atoms with van der Waals surface area (Å²) in [5, 5.41) is 4.04. The Morgan fingerprint density at radius 2 is 1.92 bits per heavy atom. The van der Waals surface area contributed by atoms with E-state index in [0.717, 1.165) is 40.7 Å². The van der Waals surface area contributed by atoms with Crippen molar-refractivity contribution in [2.45, 2.75) is 40.5 Å². The van der Waals surface area contributed by atoms with E-state index < -0.39 is 0 Å². The van der Waals surface area contributed by atoms with E-state index in [0.29, 0.717) is 11.9 Å². The van der Waals surface area contributed by atoms with Gasteiger partial charge in [0, 0.05) is 16.6 Å². The monoisotopic (exact) mass is 323 g/mol. The van der Waals surface area contributed by atoms with Gasteiger partial charge in [-0.25, -0.2) is 9.97 Å². The zero-order valence-electron chi connectivity index (χ0n) is 14.4. The Bertz CT molecular complexity index is 962. The highest BCUT2D eigenvalue weighted by Crippen LogP contribution is 2.19. The number of aromatic nitrogens is 4.